The maximum absolute atomic E-state index is 13.9. The van der Waals surface area contributed by atoms with Crippen LogP contribution in [0.1, 0.15) is 33.0 Å². The molecule has 0 fully saturated rings. The number of rotatable bonds is 6. The van der Waals surface area contributed by atoms with Gasteiger partial charge in [-0.3, -0.25) is 4.79 Å². The van der Waals surface area contributed by atoms with Gasteiger partial charge in [-0.2, -0.15) is 4.72 Å². The second-order valence-corrected chi connectivity index (χ2v) is 10.0. The Bertz CT molecular complexity index is 1400. The quantitative estimate of drug-likeness (QED) is 0.381. The number of Topliss-reactive ketones (excluding diaryl/α,β-unsaturated/α-hetero) is 1. The fraction of sp³-hybridized carbons (Fsp3) is 0.107. The smallest absolute Gasteiger partial charge is 0.241 e. The van der Waals surface area contributed by atoms with Crippen LogP contribution in [-0.4, -0.2) is 20.2 Å². The molecule has 1 aliphatic heterocycles. The fourth-order valence-electron chi connectivity index (χ4n) is 4.31. The van der Waals surface area contributed by atoms with Crippen molar-refractivity contribution >= 4 is 15.8 Å². The Kier molecular flexibility index (Phi) is 5.77. The van der Waals surface area contributed by atoms with E-state index >= 15 is 0 Å². The van der Waals surface area contributed by atoms with Crippen molar-refractivity contribution in [2.24, 2.45) is 0 Å². The molecule has 4 aromatic rings. The molecule has 5 rings (SSSR count). The van der Waals surface area contributed by atoms with Crippen LogP contribution in [0.25, 0.3) is 0 Å². The van der Waals surface area contributed by atoms with Crippen LogP contribution in [0.3, 0.4) is 0 Å². The van der Waals surface area contributed by atoms with E-state index in [1.165, 1.54) is 0 Å². The summed E-state index contributed by atoms with van der Waals surface area (Å²) in [7, 11) is -4.00. The van der Waals surface area contributed by atoms with Gasteiger partial charge in [-0.15, -0.1) is 0 Å². The number of hydrogen-bond donors (Lipinski definition) is 1. The molecule has 1 heterocycles. The number of hydrogen-bond acceptors (Lipinski definition) is 4. The van der Waals surface area contributed by atoms with Gasteiger partial charge >= 0.3 is 0 Å². The largest absolute Gasteiger partial charge is 0.457 e. The minimum Gasteiger partial charge on any atom is -0.457 e. The SMILES string of the molecule is Cc1ccc(S(=O)(=O)NC(C(=O)c2ccccc2)C2c3ccccc3Oc3ccccc32)cc1. The van der Waals surface area contributed by atoms with Gasteiger partial charge in [0.05, 0.1) is 10.9 Å². The molecule has 0 bridgehead atoms. The molecule has 1 unspecified atom stereocenters. The molecule has 0 saturated carbocycles. The summed E-state index contributed by atoms with van der Waals surface area (Å²) in [6.07, 6.45) is 0. The Balaban J connectivity index is 1.67. The van der Waals surface area contributed by atoms with E-state index in [4.69, 9.17) is 4.74 Å². The predicted molar refractivity (Wildman–Crippen MR) is 131 cm³/mol. The summed E-state index contributed by atoms with van der Waals surface area (Å²) < 4.78 is 35.8. The van der Waals surface area contributed by atoms with Crippen molar-refractivity contribution in [3.05, 3.63) is 125 Å². The van der Waals surface area contributed by atoms with Crippen LogP contribution >= 0.6 is 0 Å². The van der Waals surface area contributed by atoms with E-state index in [2.05, 4.69) is 4.72 Å². The van der Waals surface area contributed by atoms with Crippen LogP contribution in [0, 0.1) is 6.92 Å². The van der Waals surface area contributed by atoms with Gasteiger partial charge in [0.25, 0.3) is 0 Å². The molecule has 1 aliphatic rings. The molecule has 6 heteroatoms. The Morgan fingerprint density at radius 3 is 1.88 bits per heavy atom. The van der Waals surface area contributed by atoms with E-state index in [1.54, 1.807) is 48.5 Å². The lowest BCUT2D eigenvalue weighted by atomic mass is 9.80. The molecule has 0 amide bonds. The zero-order chi connectivity index (χ0) is 23.7. The van der Waals surface area contributed by atoms with Crippen molar-refractivity contribution < 1.29 is 17.9 Å². The molecule has 1 atom stereocenters. The average Bonchev–Trinajstić information content (AvgIpc) is 2.86. The number of benzene rings is 4. The summed E-state index contributed by atoms with van der Waals surface area (Å²) >= 11 is 0. The molecule has 0 aliphatic carbocycles. The van der Waals surface area contributed by atoms with Crippen LogP contribution in [0.2, 0.25) is 0 Å². The van der Waals surface area contributed by atoms with Crippen LogP contribution in [0.5, 0.6) is 11.5 Å². The molecule has 4 aromatic carbocycles. The topological polar surface area (TPSA) is 72.5 Å². The van der Waals surface area contributed by atoms with Gasteiger partial charge < -0.3 is 4.74 Å². The number of carbonyl (C=O) groups excluding carboxylic acids is 1. The number of ketones is 1. The zero-order valence-corrected chi connectivity index (χ0v) is 19.3. The molecule has 0 saturated heterocycles. The number of nitrogens with one attached hydrogen (secondary N) is 1. The predicted octanol–water partition coefficient (Wildman–Crippen LogP) is 5.46. The lowest BCUT2D eigenvalue weighted by Crippen LogP contribution is -2.46. The van der Waals surface area contributed by atoms with Crippen LogP contribution in [0.15, 0.2) is 108 Å². The standard InChI is InChI=1S/C28H23NO4S/c1-19-15-17-21(18-16-19)34(31,32)29-27(28(30)20-9-3-2-4-10-20)26-22-11-5-7-13-24(22)33-25-14-8-6-12-23(25)26/h2-18,26-27,29H,1H3. The normalized spacial score (nSPS) is 13.9. The minimum absolute atomic E-state index is 0.109. The third-order valence-electron chi connectivity index (χ3n) is 6.02. The number of aryl methyl sites for hydroxylation is 1. The average molecular weight is 470 g/mol. The first-order valence-electron chi connectivity index (χ1n) is 11.0. The highest BCUT2D eigenvalue weighted by Crippen LogP contribution is 2.46. The highest BCUT2D eigenvalue weighted by molar-refractivity contribution is 7.89. The Morgan fingerprint density at radius 2 is 1.29 bits per heavy atom. The van der Waals surface area contributed by atoms with Crippen molar-refractivity contribution in [2.45, 2.75) is 23.8 Å². The van der Waals surface area contributed by atoms with Crippen LogP contribution in [-0.2, 0) is 10.0 Å². The third kappa shape index (κ3) is 4.14. The second kappa shape index (κ2) is 8.89. The molecular formula is C28H23NO4S. The first kappa shape index (κ1) is 22.1. The van der Waals surface area contributed by atoms with E-state index < -0.39 is 22.0 Å². The van der Waals surface area contributed by atoms with Crippen LogP contribution < -0.4 is 9.46 Å². The van der Waals surface area contributed by atoms with Gasteiger partial charge in [-0.1, -0.05) is 84.4 Å². The highest BCUT2D eigenvalue weighted by atomic mass is 32.2. The maximum atomic E-state index is 13.9. The highest BCUT2D eigenvalue weighted by Gasteiger charge is 2.40. The van der Waals surface area contributed by atoms with Crippen molar-refractivity contribution in [3.63, 3.8) is 0 Å². The van der Waals surface area contributed by atoms with Crippen molar-refractivity contribution in [3.8, 4) is 11.5 Å². The Morgan fingerprint density at radius 1 is 0.765 bits per heavy atom. The van der Waals surface area contributed by atoms with Gasteiger partial charge in [0.2, 0.25) is 10.0 Å². The van der Waals surface area contributed by atoms with E-state index in [1.807, 2.05) is 61.5 Å². The van der Waals surface area contributed by atoms with Crippen molar-refractivity contribution in [2.75, 3.05) is 0 Å². The monoisotopic (exact) mass is 469 g/mol. The number of sulfonamides is 1. The van der Waals surface area contributed by atoms with Gasteiger partial charge in [0.15, 0.2) is 5.78 Å². The van der Waals surface area contributed by atoms with E-state index in [-0.39, 0.29) is 10.7 Å². The van der Waals surface area contributed by atoms with E-state index in [0.717, 1.165) is 16.7 Å². The summed E-state index contributed by atoms with van der Waals surface area (Å²) in [6.45, 7) is 1.89. The summed E-state index contributed by atoms with van der Waals surface area (Å²) in [6, 6.07) is 29.1. The number of carbonyl (C=O) groups is 1. The maximum Gasteiger partial charge on any atom is 0.241 e. The van der Waals surface area contributed by atoms with E-state index in [9.17, 15) is 13.2 Å². The zero-order valence-electron chi connectivity index (χ0n) is 18.5. The first-order chi connectivity index (χ1) is 16.4. The molecule has 5 nitrogen and oxygen atoms in total. The Hall–Kier alpha value is -3.74. The molecule has 0 aromatic heterocycles. The molecule has 0 radical (unpaired) electrons. The number of ether oxygens (including phenoxy) is 1. The first-order valence-corrected chi connectivity index (χ1v) is 12.5. The van der Waals surface area contributed by atoms with Gasteiger partial charge in [-0.25, -0.2) is 8.42 Å². The minimum atomic E-state index is -4.00. The van der Waals surface area contributed by atoms with Crippen molar-refractivity contribution in [1.82, 2.24) is 4.72 Å². The molecular weight excluding hydrogens is 446 g/mol. The third-order valence-corrected chi connectivity index (χ3v) is 7.47. The van der Waals surface area contributed by atoms with Crippen molar-refractivity contribution in [1.29, 1.82) is 0 Å². The van der Waals surface area contributed by atoms with Gasteiger partial charge in [0, 0.05) is 22.6 Å². The Labute approximate surface area is 199 Å². The lowest BCUT2D eigenvalue weighted by molar-refractivity contribution is 0.0944. The molecule has 170 valence electrons. The molecule has 34 heavy (non-hydrogen) atoms. The van der Waals surface area contributed by atoms with E-state index in [0.29, 0.717) is 17.1 Å². The summed E-state index contributed by atoms with van der Waals surface area (Å²) in [5.41, 5.74) is 2.88. The second-order valence-electron chi connectivity index (χ2n) is 8.30. The number of para-hydroxylation sites is 2. The molecule has 0 spiro atoms. The lowest BCUT2D eigenvalue weighted by Gasteiger charge is -2.33. The van der Waals surface area contributed by atoms with Crippen LogP contribution in [0.4, 0.5) is 0 Å². The fourth-order valence-corrected chi connectivity index (χ4v) is 5.52. The van der Waals surface area contributed by atoms with Gasteiger partial charge in [0.1, 0.15) is 11.5 Å². The summed E-state index contributed by atoms with van der Waals surface area (Å²) in [5.74, 6) is 0.320. The number of fused-ring (bicyclic) bond motifs is 2. The summed E-state index contributed by atoms with van der Waals surface area (Å²) in [5, 5.41) is 0. The van der Waals surface area contributed by atoms with Gasteiger partial charge in [-0.05, 0) is 31.2 Å². The summed E-state index contributed by atoms with van der Waals surface area (Å²) in [4.78, 5) is 14.0. The molecule has 1 N–H and O–H groups in total.